The summed E-state index contributed by atoms with van der Waals surface area (Å²) < 4.78 is 5.55. The number of piperidine rings is 1. The highest BCUT2D eigenvalue weighted by Crippen LogP contribution is 2.31. The van der Waals surface area contributed by atoms with Crippen molar-refractivity contribution in [1.29, 1.82) is 0 Å². The summed E-state index contributed by atoms with van der Waals surface area (Å²) >= 11 is 0. The van der Waals surface area contributed by atoms with Gasteiger partial charge in [-0.05, 0) is 18.9 Å². The zero-order chi connectivity index (χ0) is 17.5. The Hall–Kier alpha value is -2.90. The number of carbonyl (C=O) groups is 1. The van der Waals surface area contributed by atoms with Crippen molar-refractivity contribution in [2.24, 2.45) is 0 Å². The quantitative estimate of drug-likeness (QED) is 0.751. The lowest BCUT2D eigenvalue weighted by molar-refractivity contribution is 0.0828. The standard InChI is InChI=1S/C18H20N6O2/c25-18(23-11-1-2-11)26-12-4-7-24(8-5-12)17-15-13-3-6-19-16(13)20-9-14(15)21-10-22-17/h3,6,9-12H,1-2,4-5,7-8H2,(H,19,20)(H,23,25). The average molecular weight is 352 g/mol. The van der Waals surface area contributed by atoms with Gasteiger partial charge in [0.05, 0.1) is 17.1 Å². The van der Waals surface area contributed by atoms with Crippen LogP contribution in [0.25, 0.3) is 21.9 Å². The zero-order valence-electron chi connectivity index (χ0n) is 14.3. The Kier molecular flexibility index (Phi) is 3.62. The fourth-order valence-corrected chi connectivity index (χ4v) is 3.55. The number of nitrogens with zero attached hydrogens (tertiary/aromatic N) is 4. The van der Waals surface area contributed by atoms with E-state index in [2.05, 4.69) is 30.2 Å². The van der Waals surface area contributed by atoms with Crippen molar-refractivity contribution < 1.29 is 9.53 Å². The number of alkyl carbamates (subject to hydrolysis) is 1. The molecular formula is C18H20N6O2. The van der Waals surface area contributed by atoms with Gasteiger partial charge < -0.3 is 19.9 Å². The Morgan fingerprint density at radius 3 is 2.85 bits per heavy atom. The molecule has 1 aliphatic heterocycles. The molecule has 3 aromatic rings. The molecule has 0 aromatic carbocycles. The lowest BCUT2D eigenvalue weighted by Gasteiger charge is -2.33. The molecule has 1 aliphatic carbocycles. The van der Waals surface area contributed by atoms with E-state index in [-0.39, 0.29) is 12.2 Å². The van der Waals surface area contributed by atoms with Crippen molar-refractivity contribution in [3.63, 3.8) is 0 Å². The van der Waals surface area contributed by atoms with Gasteiger partial charge in [-0.1, -0.05) is 0 Å². The van der Waals surface area contributed by atoms with Crippen LogP contribution in [0.5, 0.6) is 0 Å². The summed E-state index contributed by atoms with van der Waals surface area (Å²) in [5.74, 6) is 0.919. The Balaban J connectivity index is 1.34. The van der Waals surface area contributed by atoms with Gasteiger partial charge in [0.15, 0.2) is 0 Å². The number of rotatable bonds is 3. The SMILES string of the molecule is O=C(NC1CC1)OC1CCN(c2ncnc3cnc4[nH]ccc4c23)CC1. The Labute approximate surface area is 150 Å². The molecule has 0 radical (unpaired) electrons. The van der Waals surface area contributed by atoms with Crippen molar-refractivity contribution in [3.05, 3.63) is 24.8 Å². The third-order valence-corrected chi connectivity index (χ3v) is 5.08. The predicted octanol–water partition coefficient (Wildman–Crippen LogP) is 2.36. The second-order valence-electron chi connectivity index (χ2n) is 6.97. The van der Waals surface area contributed by atoms with Crippen LogP contribution in [0.2, 0.25) is 0 Å². The van der Waals surface area contributed by atoms with Crippen LogP contribution in [0.15, 0.2) is 24.8 Å². The van der Waals surface area contributed by atoms with E-state index in [1.54, 1.807) is 12.5 Å². The average Bonchev–Trinajstić information content (AvgIpc) is 3.33. The second-order valence-corrected chi connectivity index (χ2v) is 6.97. The van der Waals surface area contributed by atoms with Gasteiger partial charge in [0.25, 0.3) is 0 Å². The van der Waals surface area contributed by atoms with Gasteiger partial charge in [-0.3, -0.25) is 0 Å². The van der Waals surface area contributed by atoms with Crippen LogP contribution in [-0.4, -0.2) is 51.3 Å². The molecule has 0 bridgehead atoms. The number of ether oxygens (including phenoxy) is 1. The van der Waals surface area contributed by atoms with Crippen molar-refractivity contribution in [1.82, 2.24) is 25.3 Å². The van der Waals surface area contributed by atoms with Crippen LogP contribution >= 0.6 is 0 Å². The van der Waals surface area contributed by atoms with Gasteiger partial charge >= 0.3 is 6.09 Å². The summed E-state index contributed by atoms with van der Waals surface area (Å²) in [6, 6.07) is 2.34. The molecule has 2 N–H and O–H groups in total. The highest BCUT2D eigenvalue weighted by molar-refractivity contribution is 6.08. The van der Waals surface area contributed by atoms with Crippen LogP contribution in [0, 0.1) is 0 Å². The number of carbonyl (C=O) groups excluding carboxylic acids is 1. The first-order valence-corrected chi connectivity index (χ1v) is 9.07. The first-order chi connectivity index (χ1) is 12.8. The maximum Gasteiger partial charge on any atom is 0.407 e. The number of nitrogens with one attached hydrogen (secondary N) is 2. The summed E-state index contributed by atoms with van der Waals surface area (Å²) in [5.41, 5.74) is 1.67. The molecular weight excluding hydrogens is 332 g/mol. The molecule has 0 spiro atoms. The Morgan fingerprint density at radius 2 is 2.04 bits per heavy atom. The number of H-pyrrole nitrogens is 1. The van der Waals surface area contributed by atoms with Gasteiger partial charge in [0.2, 0.25) is 0 Å². The Bertz CT molecular complexity index is 959. The van der Waals surface area contributed by atoms with E-state index in [0.29, 0.717) is 6.04 Å². The number of pyridine rings is 1. The molecule has 26 heavy (non-hydrogen) atoms. The monoisotopic (exact) mass is 352 g/mol. The molecule has 4 heterocycles. The number of fused-ring (bicyclic) bond motifs is 3. The molecule has 2 aliphatic rings. The summed E-state index contributed by atoms with van der Waals surface area (Å²) in [6.07, 6.45) is 8.65. The number of anilines is 1. The van der Waals surface area contributed by atoms with Gasteiger partial charge in [0.1, 0.15) is 23.9 Å². The number of hydrogen-bond donors (Lipinski definition) is 2. The second kappa shape index (κ2) is 6.12. The molecule has 1 saturated heterocycles. The number of hydrogen-bond acceptors (Lipinski definition) is 6. The maximum atomic E-state index is 11.8. The van der Waals surface area contributed by atoms with E-state index in [9.17, 15) is 4.79 Å². The topological polar surface area (TPSA) is 96.0 Å². The molecule has 5 rings (SSSR count). The van der Waals surface area contributed by atoms with Gasteiger partial charge in [-0.2, -0.15) is 0 Å². The van der Waals surface area contributed by atoms with E-state index in [4.69, 9.17) is 4.74 Å². The number of aromatic nitrogens is 4. The largest absolute Gasteiger partial charge is 0.446 e. The molecule has 2 fully saturated rings. The molecule has 8 nitrogen and oxygen atoms in total. The normalized spacial score (nSPS) is 18.4. The molecule has 1 amide bonds. The minimum Gasteiger partial charge on any atom is -0.446 e. The van der Waals surface area contributed by atoms with Crippen molar-refractivity contribution in [2.45, 2.75) is 37.8 Å². The summed E-state index contributed by atoms with van der Waals surface area (Å²) in [6.45, 7) is 1.59. The van der Waals surface area contributed by atoms with Gasteiger partial charge in [0, 0.05) is 43.6 Å². The molecule has 0 atom stereocenters. The molecule has 0 unspecified atom stereocenters. The lowest BCUT2D eigenvalue weighted by Crippen LogP contribution is -2.40. The van der Waals surface area contributed by atoms with Crippen molar-refractivity contribution >= 4 is 33.8 Å². The molecule has 3 aromatic heterocycles. The minimum absolute atomic E-state index is 0.0351. The smallest absolute Gasteiger partial charge is 0.407 e. The highest BCUT2D eigenvalue weighted by Gasteiger charge is 2.28. The zero-order valence-corrected chi connectivity index (χ0v) is 14.3. The van der Waals surface area contributed by atoms with Crippen LogP contribution in [0.3, 0.4) is 0 Å². The lowest BCUT2D eigenvalue weighted by atomic mass is 10.1. The number of aromatic amines is 1. The predicted molar refractivity (Wildman–Crippen MR) is 97.1 cm³/mol. The third kappa shape index (κ3) is 2.81. The highest BCUT2D eigenvalue weighted by atomic mass is 16.6. The van der Waals surface area contributed by atoms with E-state index in [1.807, 2.05) is 12.3 Å². The van der Waals surface area contributed by atoms with Crippen LogP contribution < -0.4 is 10.2 Å². The maximum absolute atomic E-state index is 11.8. The first-order valence-electron chi connectivity index (χ1n) is 9.07. The molecule has 1 saturated carbocycles. The summed E-state index contributed by atoms with van der Waals surface area (Å²) in [5, 5.41) is 4.93. The fraction of sp³-hybridized carbons (Fsp3) is 0.444. The summed E-state index contributed by atoms with van der Waals surface area (Å²) in [7, 11) is 0. The molecule has 8 heteroatoms. The van der Waals surface area contributed by atoms with Crippen LogP contribution in [0.4, 0.5) is 10.6 Å². The van der Waals surface area contributed by atoms with E-state index in [0.717, 1.165) is 66.5 Å². The summed E-state index contributed by atoms with van der Waals surface area (Å²) in [4.78, 5) is 30.5. The van der Waals surface area contributed by atoms with Crippen molar-refractivity contribution in [2.75, 3.05) is 18.0 Å². The third-order valence-electron chi connectivity index (χ3n) is 5.08. The minimum atomic E-state index is -0.279. The van der Waals surface area contributed by atoms with E-state index in [1.165, 1.54) is 0 Å². The van der Waals surface area contributed by atoms with Gasteiger partial charge in [-0.25, -0.2) is 19.7 Å². The Morgan fingerprint density at radius 1 is 1.19 bits per heavy atom. The number of amides is 1. The first kappa shape index (κ1) is 15.4. The van der Waals surface area contributed by atoms with E-state index < -0.39 is 0 Å². The fourth-order valence-electron chi connectivity index (χ4n) is 3.55. The van der Waals surface area contributed by atoms with Crippen LogP contribution in [-0.2, 0) is 4.74 Å². The van der Waals surface area contributed by atoms with Crippen LogP contribution in [0.1, 0.15) is 25.7 Å². The van der Waals surface area contributed by atoms with E-state index >= 15 is 0 Å². The molecule has 134 valence electrons. The van der Waals surface area contributed by atoms with Gasteiger partial charge in [-0.15, -0.1) is 0 Å². The van der Waals surface area contributed by atoms with Crippen molar-refractivity contribution in [3.8, 4) is 0 Å².